The van der Waals surface area contributed by atoms with E-state index in [1.807, 2.05) is 13.0 Å². The highest BCUT2D eigenvalue weighted by molar-refractivity contribution is 8.18. The Morgan fingerprint density at radius 1 is 1.06 bits per heavy atom. The van der Waals surface area contributed by atoms with Gasteiger partial charge in [0.15, 0.2) is 5.17 Å². The minimum atomic E-state index is -1.04. The summed E-state index contributed by atoms with van der Waals surface area (Å²) in [6.07, 6.45) is 1.74. The number of thioether (sulfide) groups is 1. The lowest BCUT2D eigenvalue weighted by Crippen LogP contribution is -2.28. The van der Waals surface area contributed by atoms with Gasteiger partial charge in [0.1, 0.15) is 12.4 Å². The minimum Gasteiger partial charge on any atom is -0.487 e. The minimum absolute atomic E-state index is 0.126. The maximum absolute atomic E-state index is 13.0. The monoisotopic (exact) mass is 560 g/mol. The van der Waals surface area contributed by atoms with Gasteiger partial charge in [-0.05, 0) is 78.4 Å². The van der Waals surface area contributed by atoms with Crippen LogP contribution in [0, 0.1) is 0 Å². The molecule has 0 bridgehead atoms. The summed E-state index contributed by atoms with van der Waals surface area (Å²) in [7, 11) is 0. The first-order valence-corrected chi connectivity index (χ1v) is 12.7. The second-order valence-electron chi connectivity index (χ2n) is 7.64. The third-order valence-electron chi connectivity index (χ3n) is 5.15. The largest absolute Gasteiger partial charge is 0.487 e. The zero-order chi connectivity index (χ0) is 25.8. The van der Waals surface area contributed by atoms with Gasteiger partial charge in [0.2, 0.25) is 0 Å². The van der Waals surface area contributed by atoms with Gasteiger partial charge in [-0.3, -0.25) is 9.69 Å². The predicted molar refractivity (Wildman–Crippen MR) is 146 cm³/mol. The van der Waals surface area contributed by atoms with Crippen LogP contribution in [-0.4, -0.2) is 33.6 Å². The molecule has 1 fully saturated rings. The summed E-state index contributed by atoms with van der Waals surface area (Å²) in [5.41, 5.74) is 2.15. The number of aromatic carboxylic acids is 1. The molecule has 0 atom stereocenters. The second kappa shape index (κ2) is 11.4. The number of hydrogen-bond acceptors (Lipinski definition) is 5. The molecule has 36 heavy (non-hydrogen) atoms. The second-order valence-corrected chi connectivity index (χ2v) is 9.87. The SMILES string of the molecule is CCN1C(=O)C(=Cc2ccc(OCc3ccc(Cl)c(Cl)c3)c(Cl)c2)SC1=Nc1cccc(C(=O)O)c1. The van der Waals surface area contributed by atoms with Crippen molar-refractivity contribution in [3.8, 4) is 5.75 Å². The van der Waals surface area contributed by atoms with Crippen molar-refractivity contribution < 1.29 is 19.4 Å². The van der Waals surface area contributed by atoms with Crippen molar-refractivity contribution in [2.45, 2.75) is 13.5 Å². The van der Waals surface area contributed by atoms with Gasteiger partial charge < -0.3 is 9.84 Å². The zero-order valence-corrected chi connectivity index (χ0v) is 22.0. The van der Waals surface area contributed by atoms with E-state index in [2.05, 4.69) is 4.99 Å². The summed E-state index contributed by atoms with van der Waals surface area (Å²) in [6, 6.07) is 16.8. The molecule has 184 valence electrons. The Morgan fingerprint density at radius 2 is 1.86 bits per heavy atom. The van der Waals surface area contributed by atoms with Gasteiger partial charge in [0.05, 0.1) is 31.2 Å². The normalized spacial score (nSPS) is 15.7. The summed E-state index contributed by atoms with van der Waals surface area (Å²) in [5, 5.41) is 11.0. The summed E-state index contributed by atoms with van der Waals surface area (Å²) >= 11 is 19.6. The van der Waals surface area contributed by atoms with Crippen molar-refractivity contribution in [3.05, 3.63) is 97.3 Å². The first kappa shape index (κ1) is 26.1. The third kappa shape index (κ3) is 6.05. The molecule has 1 amide bonds. The Labute approximate surface area is 227 Å². The molecule has 0 radical (unpaired) electrons. The number of likely N-dealkylation sites (N-methyl/N-ethyl adjacent to an activating group) is 1. The van der Waals surface area contributed by atoms with E-state index in [-0.39, 0.29) is 18.1 Å². The number of amidine groups is 1. The number of aliphatic imine (C=N–C) groups is 1. The van der Waals surface area contributed by atoms with Crippen molar-refractivity contribution in [3.63, 3.8) is 0 Å². The van der Waals surface area contributed by atoms with Crippen molar-refractivity contribution in [1.82, 2.24) is 4.90 Å². The van der Waals surface area contributed by atoms with Crippen LogP contribution < -0.4 is 4.74 Å². The molecule has 1 aliphatic rings. The summed E-state index contributed by atoms with van der Waals surface area (Å²) in [5.74, 6) is -0.737. The number of halogens is 3. The summed E-state index contributed by atoms with van der Waals surface area (Å²) < 4.78 is 5.81. The van der Waals surface area contributed by atoms with Crippen LogP contribution in [0.25, 0.3) is 6.08 Å². The first-order valence-electron chi connectivity index (χ1n) is 10.7. The van der Waals surface area contributed by atoms with Crippen LogP contribution in [0.2, 0.25) is 15.1 Å². The van der Waals surface area contributed by atoms with E-state index in [4.69, 9.17) is 39.5 Å². The molecule has 4 rings (SSSR count). The zero-order valence-electron chi connectivity index (χ0n) is 18.9. The lowest BCUT2D eigenvalue weighted by atomic mass is 10.2. The molecule has 1 aliphatic heterocycles. The summed E-state index contributed by atoms with van der Waals surface area (Å²) in [4.78, 5) is 30.7. The van der Waals surface area contributed by atoms with E-state index in [0.29, 0.717) is 43.1 Å². The average Bonchev–Trinajstić information content (AvgIpc) is 3.14. The fraction of sp³-hybridized carbons (Fsp3) is 0.115. The lowest BCUT2D eigenvalue weighted by molar-refractivity contribution is -0.122. The van der Waals surface area contributed by atoms with Gasteiger partial charge in [-0.25, -0.2) is 9.79 Å². The molecule has 0 aliphatic carbocycles. The maximum Gasteiger partial charge on any atom is 0.335 e. The molecule has 0 aromatic heterocycles. The van der Waals surface area contributed by atoms with Crippen LogP contribution in [0.5, 0.6) is 5.75 Å². The molecule has 1 saturated heterocycles. The van der Waals surface area contributed by atoms with Crippen molar-refractivity contribution in [2.24, 2.45) is 4.99 Å². The molecule has 0 spiro atoms. The van der Waals surface area contributed by atoms with Gasteiger partial charge in [0, 0.05) is 6.54 Å². The number of carbonyl (C=O) groups is 2. The topological polar surface area (TPSA) is 79.2 Å². The average molecular weight is 562 g/mol. The molecular weight excluding hydrogens is 543 g/mol. The quantitative estimate of drug-likeness (QED) is 0.301. The van der Waals surface area contributed by atoms with Crippen LogP contribution in [0.1, 0.15) is 28.4 Å². The Morgan fingerprint density at radius 3 is 2.56 bits per heavy atom. The number of benzene rings is 3. The highest BCUT2D eigenvalue weighted by Crippen LogP contribution is 2.35. The molecule has 6 nitrogen and oxygen atoms in total. The van der Waals surface area contributed by atoms with Crippen LogP contribution in [0.4, 0.5) is 5.69 Å². The molecule has 3 aromatic carbocycles. The predicted octanol–water partition coefficient (Wildman–Crippen LogP) is 7.55. The molecular formula is C26H19Cl3N2O4S. The number of carbonyl (C=O) groups excluding carboxylic acids is 1. The highest BCUT2D eigenvalue weighted by Gasteiger charge is 2.32. The third-order valence-corrected chi connectivity index (χ3v) is 7.20. The van der Waals surface area contributed by atoms with Crippen LogP contribution >= 0.6 is 46.6 Å². The number of carboxylic acid groups (broad SMARTS) is 1. The summed E-state index contributed by atoms with van der Waals surface area (Å²) in [6.45, 7) is 2.53. The highest BCUT2D eigenvalue weighted by atomic mass is 35.5. The van der Waals surface area contributed by atoms with E-state index in [1.54, 1.807) is 53.4 Å². The van der Waals surface area contributed by atoms with Gasteiger partial charge in [-0.1, -0.05) is 53.0 Å². The number of rotatable bonds is 7. The Hall–Kier alpha value is -2.97. The van der Waals surface area contributed by atoms with Crippen molar-refractivity contribution in [1.29, 1.82) is 0 Å². The Balaban J connectivity index is 1.52. The lowest BCUT2D eigenvalue weighted by Gasteiger charge is -2.12. The van der Waals surface area contributed by atoms with Crippen LogP contribution in [-0.2, 0) is 11.4 Å². The number of nitrogens with zero attached hydrogens (tertiary/aromatic N) is 2. The Kier molecular flexibility index (Phi) is 8.26. The van der Waals surface area contributed by atoms with Gasteiger partial charge in [0.25, 0.3) is 5.91 Å². The van der Waals surface area contributed by atoms with E-state index >= 15 is 0 Å². The molecule has 1 N–H and O–H groups in total. The molecule has 1 heterocycles. The van der Waals surface area contributed by atoms with E-state index in [1.165, 1.54) is 23.9 Å². The molecule has 10 heteroatoms. The first-order chi connectivity index (χ1) is 17.2. The number of hydrogen-bond donors (Lipinski definition) is 1. The standard InChI is InChI=1S/C26H19Cl3N2O4S/c1-2-31-24(32)23(36-26(31)30-18-5-3-4-17(13-18)25(33)34)12-15-7-9-22(21(29)10-15)35-14-16-6-8-19(27)20(28)11-16/h3-13H,2,14H2,1H3,(H,33,34). The van der Waals surface area contributed by atoms with Gasteiger partial charge >= 0.3 is 5.97 Å². The maximum atomic E-state index is 13.0. The molecule has 3 aromatic rings. The van der Waals surface area contributed by atoms with E-state index in [0.717, 1.165) is 11.1 Å². The fourth-order valence-electron chi connectivity index (χ4n) is 3.35. The van der Waals surface area contributed by atoms with Gasteiger partial charge in [-0.15, -0.1) is 0 Å². The number of amides is 1. The van der Waals surface area contributed by atoms with Crippen molar-refractivity contribution in [2.75, 3.05) is 6.54 Å². The fourth-order valence-corrected chi connectivity index (χ4v) is 4.98. The van der Waals surface area contributed by atoms with Gasteiger partial charge in [-0.2, -0.15) is 0 Å². The van der Waals surface area contributed by atoms with E-state index in [9.17, 15) is 14.7 Å². The van der Waals surface area contributed by atoms with E-state index < -0.39 is 5.97 Å². The Bertz CT molecular complexity index is 1410. The smallest absolute Gasteiger partial charge is 0.335 e. The molecule has 0 saturated carbocycles. The number of carboxylic acids is 1. The molecule has 0 unspecified atom stereocenters. The number of ether oxygens (including phenoxy) is 1. The van der Waals surface area contributed by atoms with Crippen molar-refractivity contribution >= 4 is 75.4 Å². The van der Waals surface area contributed by atoms with Crippen LogP contribution in [0.3, 0.4) is 0 Å². The van der Waals surface area contributed by atoms with Crippen LogP contribution in [0.15, 0.2) is 70.6 Å².